The van der Waals surface area contributed by atoms with Crippen LogP contribution in [0.3, 0.4) is 0 Å². The van der Waals surface area contributed by atoms with E-state index in [0.717, 1.165) is 71.0 Å². The lowest BCUT2D eigenvalue weighted by Crippen LogP contribution is -2.43. The lowest BCUT2D eigenvalue weighted by molar-refractivity contribution is -0.147. The van der Waals surface area contributed by atoms with E-state index in [1.54, 1.807) is 0 Å². The molecule has 1 aliphatic rings. The van der Waals surface area contributed by atoms with Crippen molar-refractivity contribution in [2.45, 2.75) is 213 Å². The molecule has 54 heavy (non-hydrogen) atoms. The third kappa shape index (κ3) is 34.6. The first kappa shape index (κ1) is 50.1. The Morgan fingerprint density at radius 3 is 1.33 bits per heavy atom. The number of carbonyl (C=O) groups is 2. The molecule has 0 atom stereocenters. The number of unbranched alkanes of at least 4 members (excludes halogenated alkanes) is 22. The quantitative estimate of drug-likeness (QED) is 0.0287. The number of thiocarbonyl (C=S) groups is 1. The van der Waals surface area contributed by atoms with Gasteiger partial charge in [-0.3, -0.25) is 14.5 Å². The topological polar surface area (TPSA) is 77.1 Å². The predicted octanol–water partition coefficient (Wildman–Crippen LogP) is 12.5. The Kier molecular flexibility index (Phi) is 36.5. The van der Waals surface area contributed by atoms with Gasteiger partial charge in [0.05, 0.1) is 6.04 Å². The Hall–Kier alpha value is -1.93. The summed E-state index contributed by atoms with van der Waals surface area (Å²) in [7, 11) is 0. The highest BCUT2D eigenvalue weighted by Gasteiger charge is 2.18. The second-order valence-electron chi connectivity index (χ2n) is 15.6. The Labute approximate surface area is 338 Å². The van der Waals surface area contributed by atoms with Crippen LogP contribution in [0.4, 0.5) is 0 Å². The second kappa shape index (κ2) is 39.3. The number of nitrogens with zero attached hydrogens (tertiary/aromatic N) is 1. The Morgan fingerprint density at radius 1 is 0.556 bits per heavy atom. The molecular weight excluding hydrogens is 693 g/mol. The molecule has 0 radical (unpaired) electrons. The van der Waals surface area contributed by atoms with Gasteiger partial charge in [-0.05, 0) is 102 Å². The van der Waals surface area contributed by atoms with Gasteiger partial charge in [-0.15, -0.1) is 0 Å². The van der Waals surface area contributed by atoms with Crippen LogP contribution >= 0.6 is 12.2 Å². The summed E-state index contributed by atoms with van der Waals surface area (Å²) in [6, 6.07) is -0.444. The van der Waals surface area contributed by atoms with Gasteiger partial charge in [-0.2, -0.15) is 0 Å². The molecule has 0 aliphatic carbocycles. The number of ether oxygens (including phenoxy) is 3. The Balaban J connectivity index is 2.21. The van der Waals surface area contributed by atoms with Crippen LogP contribution in [0, 0.1) is 0 Å². The SMILES string of the molecule is CCCCCCCC/C=C\CCCCCCCC(=O)OCC(COC(=O)CCCCCCC/C=C\CCCCCCCC)NC(=S)OCCN1CCCC1. The van der Waals surface area contributed by atoms with Crippen molar-refractivity contribution in [1.29, 1.82) is 0 Å². The molecule has 0 aromatic rings. The van der Waals surface area contributed by atoms with E-state index in [2.05, 4.69) is 48.4 Å². The molecule has 1 N–H and O–H groups in total. The summed E-state index contributed by atoms with van der Waals surface area (Å²) in [4.78, 5) is 27.5. The minimum Gasteiger partial charge on any atom is -0.470 e. The zero-order valence-corrected chi connectivity index (χ0v) is 36.1. The highest BCUT2D eigenvalue weighted by Crippen LogP contribution is 2.13. The third-order valence-electron chi connectivity index (χ3n) is 10.3. The molecule has 0 spiro atoms. The van der Waals surface area contributed by atoms with E-state index in [1.165, 1.54) is 128 Å². The first-order valence-corrected chi connectivity index (χ1v) is 23.2. The molecule has 7 nitrogen and oxygen atoms in total. The smallest absolute Gasteiger partial charge is 0.305 e. The molecule has 0 amide bonds. The molecular formula is C46H84N2O5S. The third-order valence-corrected chi connectivity index (χ3v) is 10.6. The van der Waals surface area contributed by atoms with Crippen LogP contribution in [0.2, 0.25) is 0 Å². The van der Waals surface area contributed by atoms with Crippen molar-refractivity contribution in [3.8, 4) is 0 Å². The molecule has 1 heterocycles. The van der Waals surface area contributed by atoms with E-state index in [1.807, 2.05) is 0 Å². The fraction of sp³-hybridized carbons (Fsp3) is 0.848. The molecule has 1 rings (SSSR count). The Bertz CT molecular complexity index is 880. The molecule has 1 saturated heterocycles. The maximum atomic E-state index is 12.6. The summed E-state index contributed by atoms with van der Waals surface area (Å²) in [6.45, 7) is 8.24. The maximum absolute atomic E-state index is 12.6. The highest BCUT2D eigenvalue weighted by molar-refractivity contribution is 7.80. The van der Waals surface area contributed by atoms with Crippen LogP contribution in [0.5, 0.6) is 0 Å². The van der Waals surface area contributed by atoms with Gasteiger partial charge in [0.25, 0.3) is 5.17 Å². The van der Waals surface area contributed by atoms with Gasteiger partial charge < -0.3 is 19.5 Å². The molecule has 0 saturated carbocycles. The molecule has 0 bridgehead atoms. The molecule has 0 aromatic heterocycles. The second-order valence-corrected chi connectivity index (χ2v) is 15.9. The summed E-state index contributed by atoms with van der Waals surface area (Å²) in [5.41, 5.74) is 0. The van der Waals surface area contributed by atoms with Crippen molar-refractivity contribution < 1.29 is 23.8 Å². The summed E-state index contributed by atoms with van der Waals surface area (Å²) >= 11 is 5.44. The van der Waals surface area contributed by atoms with Crippen molar-refractivity contribution in [3.05, 3.63) is 24.3 Å². The predicted molar refractivity (Wildman–Crippen MR) is 232 cm³/mol. The fourth-order valence-electron chi connectivity index (χ4n) is 6.83. The van der Waals surface area contributed by atoms with Crippen molar-refractivity contribution in [2.24, 2.45) is 0 Å². The van der Waals surface area contributed by atoms with E-state index in [9.17, 15) is 9.59 Å². The van der Waals surface area contributed by atoms with Crippen molar-refractivity contribution in [2.75, 3.05) is 39.5 Å². The molecule has 8 heteroatoms. The lowest BCUT2D eigenvalue weighted by Gasteiger charge is -2.21. The summed E-state index contributed by atoms with van der Waals surface area (Å²) < 4.78 is 17.0. The number of rotatable bonds is 38. The van der Waals surface area contributed by atoms with Crippen LogP contribution in [0.25, 0.3) is 0 Å². The minimum atomic E-state index is -0.444. The number of likely N-dealkylation sites (tertiary alicyclic amines) is 1. The van der Waals surface area contributed by atoms with Gasteiger partial charge in [-0.25, -0.2) is 0 Å². The average Bonchev–Trinajstić information content (AvgIpc) is 3.69. The summed E-state index contributed by atoms with van der Waals surface area (Å²) in [5, 5.41) is 3.37. The fourth-order valence-corrected chi connectivity index (χ4v) is 7.08. The maximum Gasteiger partial charge on any atom is 0.305 e. The minimum absolute atomic E-state index is 0.0835. The number of hydrogen-bond donors (Lipinski definition) is 1. The molecule has 0 unspecified atom stereocenters. The normalized spacial score (nSPS) is 13.4. The number of hydrogen-bond acceptors (Lipinski definition) is 7. The summed E-state index contributed by atoms with van der Waals surface area (Å²) in [6.07, 6.45) is 44.4. The van der Waals surface area contributed by atoms with Gasteiger partial charge in [0.2, 0.25) is 0 Å². The van der Waals surface area contributed by atoms with Crippen LogP contribution in [0.15, 0.2) is 24.3 Å². The van der Waals surface area contributed by atoms with Gasteiger partial charge in [0.15, 0.2) is 0 Å². The molecule has 0 aromatic carbocycles. The van der Waals surface area contributed by atoms with Gasteiger partial charge >= 0.3 is 11.9 Å². The lowest BCUT2D eigenvalue weighted by atomic mass is 10.1. The van der Waals surface area contributed by atoms with Crippen LogP contribution in [-0.4, -0.2) is 67.5 Å². The standard InChI is InChI=1S/C46H84N2O5S/c1-3-5-7-9-11-13-15-17-19-21-23-25-27-29-31-35-44(49)52-41-43(47-46(54)51-40-39-48-37-33-34-38-48)42-53-45(50)36-32-30-28-26-24-22-20-18-16-14-12-10-8-6-4-2/h17-20,43H,3-16,21-42H2,1-2H3,(H,47,54)/b19-17-,20-18-. The first-order chi connectivity index (χ1) is 26.5. The molecule has 1 fully saturated rings. The first-order valence-electron chi connectivity index (χ1n) is 22.8. The largest absolute Gasteiger partial charge is 0.470 e. The zero-order chi connectivity index (χ0) is 39.0. The highest BCUT2D eigenvalue weighted by atomic mass is 32.1. The van der Waals surface area contributed by atoms with Crippen LogP contribution in [0.1, 0.15) is 206 Å². The van der Waals surface area contributed by atoms with Crippen molar-refractivity contribution >= 4 is 29.3 Å². The van der Waals surface area contributed by atoms with Crippen LogP contribution in [-0.2, 0) is 23.8 Å². The number of allylic oxidation sites excluding steroid dienone is 4. The van der Waals surface area contributed by atoms with Crippen LogP contribution < -0.4 is 5.32 Å². The van der Waals surface area contributed by atoms with Gasteiger partial charge in [0, 0.05) is 19.4 Å². The molecule has 1 aliphatic heterocycles. The zero-order valence-electron chi connectivity index (χ0n) is 35.2. The molecule has 314 valence electrons. The van der Waals surface area contributed by atoms with E-state index < -0.39 is 6.04 Å². The van der Waals surface area contributed by atoms with Gasteiger partial charge in [0.1, 0.15) is 19.8 Å². The van der Waals surface area contributed by atoms with Crippen molar-refractivity contribution in [1.82, 2.24) is 10.2 Å². The van der Waals surface area contributed by atoms with E-state index >= 15 is 0 Å². The summed E-state index contributed by atoms with van der Waals surface area (Å²) in [5.74, 6) is -0.445. The van der Waals surface area contributed by atoms with E-state index in [-0.39, 0.29) is 30.3 Å². The number of esters is 2. The number of carbonyl (C=O) groups excluding carboxylic acids is 2. The Morgan fingerprint density at radius 2 is 0.926 bits per heavy atom. The van der Waals surface area contributed by atoms with Crippen molar-refractivity contribution in [3.63, 3.8) is 0 Å². The van der Waals surface area contributed by atoms with Gasteiger partial charge in [-0.1, -0.05) is 141 Å². The monoisotopic (exact) mass is 777 g/mol. The van der Waals surface area contributed by atoms with E-state index in [4.69, 9.17) is 26.4 Å². The number of nitrogens with one attached hydrogen (secondary N) is 1. The van der Waals surface area contributed by atoms with E-state index in [0.29, 0.717) is 19.4 Å². The average molecular weight is 777 g/mol.